The summed E-state index contributed by atoms with van der Waals surface area (Å²) in [5.41, 5.74) is 3.35. The van der Waals surface area contributed by atoms with E-state index in [0.29, 0.717) is 17.6 Å². The molecule has 2 aliphatic heterocycles. The lowest BCUT2D eigenvalue weighted by atomic mass is 9.98. The zero-order valence-electron chi connectivity index (χ0n) is 12.7. The fourth-order valence-electron chi connectivity index (χ4n) is 3.36. The molecule has 0 N–H and O–H groups in total. The minimum Gasteiger partial charge on any atom is -0.458 e. The highest BCUT2D eigenvalue weighted by molar-refractivity contribution is 5.92. The van der Waals surface area contributed by atoms with Gasteiger partial charge in [0.1, 0.15) is 6.10 Å². The number of rotatable bonds is 3. The van der Waals surface area contributed by atoms with Crippen molar-refractivity contribution in [1.82, 2.24) is 0 Å². The summed E-state index contributed by atoms with van der Waals surface area (Å²) in [6, 6.07) is 7.97. The maximum Gasteiger partial charge on any atom is 0.338 e. The van der Waals surface area contributed by atoms with Gasteiger partial charge in [-0.15, -0.1) is 0 Å². The summed E-state index contributed by atoms with van der Waals surface area (Å²) < 4.78 is 16.1. The average molecular weight is 312 g/mol. The number of hydrogen-bond donors (Lipinski definition) is 0. The maximum atomic E-state index is 12.1. The number of carbonyl (C=O) groups excluding carboxylic acids is 2. The van der Waals surface area contributed by atoms with E-state index in [-0.39, 0.29) is 24.0 Å². The minimum atomic E-state index is -0.763. The van der Waals surface area contributed by atoms with Gasteiger partial charge in [-0.25, -0.2) is 9.59 Å². The second-order valence-corrected chi connectivity index (χ2v) is 5.86. The zero-order chi connectivity index (χ0) is 16.0. The Morgan fingerprint density at radius 3 is 2.83 bits per heavy atom. The van der Waals surface area contributed by atoms with Gasteiger partial charge < -0.3 is 14.2 Å². The molecule has 1 aromatic rings. The summed E-state index contributed by atoms with van der Waals surface area (Å²) in [5, 5.41) is 0. The fraction of sp³-hybridized carbons (Fsp3) is 0.333. The molecule has 23 heavy (non-hydrogen) atoms. The Kier molecular flexibility index (Phi) is 3.22. The molecule has 5 heteroatoms. The van der Waals surface area contributed by atoms with Gasteiger partial charge in [-0.2, -0.15) is 0 Å². The topological polar surface area (TPSA) is 61.8 Å². The summed E-state index contributed by atoms with van der Waals surface area (Å²) in [6.45, 7) is 1.88. The molecule has 0 unspecified atom stereocenters. The molecular weight excluding hydrogens is 296 g/mol. The second-order valence-electron chi connectivity index (χ2n) is 5.86. The lowest BCUT2D eigenvalue weighted by Gasteiger charge is -2.09. The van der Waals surface area contributed by atoms with Crippen molar-refractivity contribution in [1.29, 1.82) is 0 Å². The van der Waals surface area contributed by atoms with Crippen LogP contribution in [0.2, 0.25) is 0 Å². The molecule has 0 amide bonds. The van der Waals surface area contributed by atoms with Crippen molar-refractivity contribution in [2.75, 3.05) is 0 Å². The van der Waals surface area contributed by atoms with Gasteiger partial charge in [0.2, 0.25) is 0 Å². The van der Waals surface area contributed by atoms with Crippen LogP contribution in [0.1, 0.15) is 30.6 Å². The molecule has 4 rings (SSSR count). The van der Waals surface area contributed by atoms with Crippen LogP contribution in [0.5, 0.6) is 0 Å². The number of esters is 2. The first-order chi connectivity index (χ1) is 11.2. The monoisotopic (exact) mass is 312 g/mol. The maximum absolute atomic E-state index is 12.1. The molecule has 0 aromatic heterocycles. The van der Waals surface area contributed by atoms with Crippen molar-refractivity contribution in [3.05, 3.63) is 58.9 Å². The smallest absolute Gasteiger partial charge is 0.338 e. The minimum absolute atomic E-state index is 0.0355. The number of fused-ring (bicyclic) bond motifs is 3. The molecule has 3 atom stereocenters. The average Bonchev–Trinajstić information content (AvgIpc) is 3.17. The number of carbonyl (C=O) groups is 2. The molecule has 1 saturated heterocycles. The Balaban J connectivity index is 1.53. The quantitative estimate of drug-likeness (QED) is 0.488. The van der Waals surface area contributed by atoms with Crippen LogP contribution in [0.4, 0.5) is 0 Å². The third kappa shape index (κ3) is 2.23. The van der Waals surface area contributed by atoms with Crippen molar-refractivity contribution in [2.45, 2.75) is 32.2 Å². The molecule has 0 saturated carbocycles. The molecule has 0 spiro atoms. The van der Waals surface area contributed by atoms with E-state index in [1.807, 2.05) is 25.1 Å². The van der Waals surface area contributed by atoms with Gasteiger partial charge in [0.15, 0.2) is 0 Å². The van der Waals surface area contributed by atoms with Gasteiger partial charge >= 0.3 is 11.9 Å². The largest absolute Gasteiger partial charge is 0.458 e. The van der Waals surface area contributed by atoms with Gasteiger partial charge in [-0.1, -0.05) is 31.2 Å². The number of benzene rings is 1. The predicted octanol–water partition coefficient (Wildman–Crippen LogP) is 2.58. The fourth-order valence-corrected chi connectivity index (χ4v) is 3.36. The van der Waals surface area contributed by atoms with E-state index in [0.717, 1.165) is 12.0 Å². The third-order valence-corrected chi connectivity index (χ3v) is 4.57. The molecule has 118 valence electrons. The van der Waals surface area contributed by atoms with Crippen LogP contribution < -0.4 is 0 Å². The number of hydrogen-bond acceptors (Lipinski definition) is 5. The Hall–Kier alpha value is -2.56. The predicted molar refractivity (Wildman–Crippen MR) is 79.9 cm³/mol. The number of cyclic esters (lactones) is 1. The Morgan fingerprint density at radius 1 is 1.22 bits per heavy atom. The van der Waals surface area contributed by atoms with Crippen molar-refractivity contribution >= 4 is 11.9 Å². The van der Waals surface area contributed by atoms with Crippen LogP contribution in [0.15, 0.2) is 47.7 Å². The van der Waals surface area contributed by atoms with Crippen LogP contribution in [-0.2, 0) is 30.2 Å². The Morgan fingerprint density at radius 2 is 2.04 bits per heavy atom. The molecule has 0 bridgehead atoms. The van der Waals surface area contributed by atoms with Gasteiger partial charge in [-0.3, -0.25) is 0 Å². The van der Waals surface area contributed by atoms with E-state index < -0.39 is 6.29 Å². The summed E-state index contributed by atoms with van der Waals surface area (Å²) in [5.74, 6) is -0.763. The van der Waals surface area contributed by atoms with Crippen molar-refractivity contribution < 1.29 is 23.8 Å². The van der Waals surface area contributed by atoms with E-state index in [2.05, 4.69) is 6.07 Å². The van der Waals surface area contributed by atoms with E-state index in [4.69, 9.17) is 14.2 Å². The van der Waals surface area contributed by atoms with Gasteiger partial charge in [-0.05, 0) is 24.0 Å². The summed E-state index contributed by atoms with van der Waals surface area (Å²) in [6.07, 6.45) is 3.38. The van der Waals surface area contributed by atoms with Crippen LogP contribution in [0.3, 0.4) is 0 Å². The Bertz CT molecular complexity index is 746. The Labute approximate surface area is 133 Å². The zero-order valence-corrected chi connectivity index (χ0v) is 12.7. The first-order valence-corrected chi connectivity index (χ1v) is 7.73. The first-order valence-electron chi connectivity index (χ1n) is 7.73. The molecule has 0 radical (unpaired) electrons. The summed E-state index contributed by atoms with van der Waals surface area (Å²) in [7, 11) is 0. The normalized spacial score (nSPS) is 29.9. The number of ether oxygens (including phenoxy) is 3. The van der Waals surface area contributed by atoms with Gasteiger partial charge in [0.05, 0.1) is 11.8 Å². The summed E-state index contributed by atoms with van der Waals surface area (Å²) in [4.78, 5) is 23.6. The lowest BCUT2D eigenvalue weighted by molar-refractivity contribution is -0.152. The molecule has 1 fully saturated rings. The second kappa shape index (κ2) is 5.26. The molecule has 3 aliphatic rings. The van der Waals surface area contributed by atoms with Crippen molar-refractivity contribution in [3.8, 4) is 0 Å². The van der Waals surface area contributed by atoms with E-state index in [1.54, 1.807) is 6.08 Å². The molecule has 1 aromatic carbocycles. The van der Waals surface area contributed by atoms with Crippen LogP contribution in [0, 0.1) is 5.92 Å². The highest BCUT2D eigenvalue weighted by Gasteiger charge is 2.46. The summed E-state index contributed by atoms with van der Waals surface area (Å²) >= 11 is 0. The highest BCUT2D eigenvalue weighted by atomic mass is 16.7. The van der Waals surface area contributed by atoms with E-state index in [1.165, 1.54) is 11.8 Å². The van der Waals surface area contributed by atoms with Crippen LogP contribution in [-0.4, -0.2) is 18.2 Å². The van der Waals surface area contributed by atoms with Crippen molar-refractivity contribution in [3.63, 3.8) is 0 Å². The van der Waals surface area contributed by atoms with Crippen molar-refractivity contribution in [2.24, 2.45) is 5.92 Å². The molecule has 1 aliphatic carbocycles. The van der Waals surface area contributed by atoms with Gasteiger partial charge in [0.25, 0.3) is 6.29 Å². The van der Waals surface area contributed by atoms with Gasteiger partial charge in [0, 0.05) is 17.6 Å². The molecular formula is C18H16O5. The van der Waals surface area contributed by atoms with E-state index in [9.17, 15) is 9.59 Å². The standard InChI is InChI=1S/C18H16O5/c1-2-10-8-15(22-17(10)19)21-9-14-13-7-11-5-3-4-6-12(11)16(13)23-18(14)20/h3-6,8-9,13,15-16H,2,7H2,1H3/t13-,15-,16-/m1/s1. The molecule has 2 heterocycles. The van der Waals surface area contributed by atoms with E-state index >= 15 is 0 Å². The molecule has 5 nitrogen and oxygen atoms in total. The van der Waals surface area contributed by atoms with Crippen LogP contribution in [0.25, 0.3) is 0 Å². The highest BCUT2D eigenvalue weighted by Crippen LogP contribution is 2.47. The van der Waals surface area contributed by atoms with Crippen LogP contribution >= 0.6 is 0 Å². The SMILES string of the molecule is CCC1=C[C@H](OC=C2C(=O)O[C@@H]3c4ccccc4C[C@H]23)OC1=O. The third-order valence-electron chi connectivity index (χ3n) is 4.57. The lowest BCUT2D eigenvalue weighted by Crippen LogP contribution is -2.12. The first kappa shape index (κ1) is 14.1.